The summed E-state index contributed by atoms with van der Waals surface area (Å²) in [5, 5.41) is 23.0. The van der Waals surface area contributed by atoms with Crippen LogP contribution in [-0.2, 0) is 4.79 Å². The number of aliphatic hydroxyl groups excluding tert-OH is 2. The minimum absolute atomic E-state index is 0.0360. The molecule has 0 rings (SSSR count). The largest absolute Gasteiger partial charge is 0.394 e. The van der Waals surface area contributed by atoms with Crippen molar-refractivity contribution in [3.63, 3.8) is 0 Å². The Kier molecular flexibility index (Phi) is 33.9. The lowest BCUT2D eigenvalue weighted by molar-refractivity contribution is -0.123. The number of nitrogens with one attached hydrogen (secondary N) is 1. The van der Waals surface area contributed by atoms with E-state index in [1.165, 1.54) is 154 Å². The molecule has 0 spiro atoms. The fraction of sp³-hybridized carbons (Fsp3) is 0.921. The average molecular weight is 594 g/mol. The van der Waals surface area contributed by atoms with Crippen LogP contribution in [0.2, 0.25) is 0 Å². The topological polar surface area (TPSA) is 69.6 Å². The van der Waals surface area contributed by atoms with E-state index in [-0.39, 0.29) is 12.5 Å². The second-order valence-electron chi connectivity index (χ2n) is 13.0. The molecule has 0 saturated heterocycles. The summed E-state index contributed by atoms with van der Waals surface area (Å²) in [6.45, 7) is 4.35. The van der Waals surface area contributed by atoms with Gasteiger partial charge in [-0.1, -0.05) is 174 Å². The summed E-state index contributed by atoms with van der Waals surface area (Å²) < 4.78 is 0. The van der Waals surface area contributed by atoms with Gasteiger partial charge in [-0.05, 0) is 38.5 Å². The van der Waals surface area contributed by atoms with Crippen LogP contribution in [0.15, 0.2) is 12.2 Å². The van der Waals surface area contributed by atoms with Crippen LogP contribution < -0.4 is 5.32 Å². The first-order chi connectivity index (χ1) is 20.7. The second kappa shape index (κ2) is 34.6. The number of unbranched alkanes of at least 4 members (excludes halogenated alkanes) is 25. The zero-order valence-electron chi connectivity index (χ0n) is 28.5. The number of rotatable bonds is 34. The number of hydrogen-bond acceptors (Lipinski definition) is 3. The number of aliphatic hydroxyl groups is 2. The van der Waals surface area contributed by atoms with Gasteiger partial charge in [-0.15, -0.1) is 0 Å². The van der Waals surface area contributed by atoms with Crippen molar-refractivity contribution in [2.45, 2.75) is 219 Å². The van der Waals surface area contributed by atoms with Gasteiger partial charge >= 0.3 is 0 Å². The first kappa shape index (κ1) is 41.1. The zero-order valence-corrected chi connectivity index (χ0v) is 28.5. The normalized spacial score (nSPS) is 13.1. The van der Waals surface area contributed by atoms with Crippen LogP contribution >= 0.6 is 0 Å². The fourth-order valence-electron chi connectivity index (χ4n) is 5.82. The molecule has 42 heavy (non-hydrogen) atoms. The van der Waals surface area contributed by atoms with Crippen molar-refractivity contribution in [3.8, 4) is 0 Å². The third kappa shape index (κ3) is 30.6. The highest BCUT2D eigenvalue weighted by Crippen LogP contribution is 2.15. The molecule has 0 aromatic carbocycles. The molecule has 0 saturated carbocycles. The van der Waals surface area contributed by atoms with Crippen LogP contribution in [0.1, 0.15) is 206 Å². The first-order valence-electron chi connectivity index (χ1n) is 18.9. The van der Waals surface area contributed by atoms with Gasteiger partial charge in [-0.3, -0.25) is 4.79 Å². The van der Waals surface area contributed by atoms with E-state index in [9.17, 15) is 15.0 Å². The molecule has 0 aromatic heterocycles. The quantitative estimate of drug-likeness (QED) is 0.0513. The van der Waals surface area contributed by atoms with Gasteiger partial charge in [0.1, 0.15) is 0 Å². The van der Waals surface area contributed by atoms with Crippen molar-refractivity contribution in [1.29, 1.82) is 0 Å². The number of allylic oxidation sites excluding steroid dienone is 2. The Morgan fingerprint density at radius 2 is 0.905 bits per heavy atom. The summed E-state index contributed by atoms with van der Waals surface area (Å²) in [5.41, 5.74) is 0. The molecule has 3 N–H and O–H groups in total. The maximum atomic E-state index is 12.3. The highest BCUT2D eigenvalue weighted by molar-refractivity contribution is 5.76. The number of hydrogen-bond donors (Lipinski definition) is 3. The van der Waals surface area contributed by atoms with Crippen molar-refractivity contribution in [1.82, 2.24) is 5.32 Å². The van der Waals surface area contributed by atoms with Gasteiger partial charge in [-0.2, -0.15) is 0 Å². The van der Waals surface area contributed by atoms with Gasteiger partial charge in [0, 0.05) is 6.42 Å². The molecule has 250 valence electrons. The van der Waals surface area contributed by atoms with Gasteiger partial charge in [-0.25, -0.2) is 0 Å². The number of carbonyl (C=O) groups excluding carboxylic acids is 1. The Hall–Kier alpha value is -0.870. The standard InChI is InChI=1S/C38H75NO3/c1-3-5-7-9-11-13-15-17-18-19-20-21-22-24-26-28-30-32-34-38(42)39-36(35-40)37(41)33-31-29-27-25-23-16-14-12-10-8-6-4-2/h18-19,36-37,40-41H,3-17,20-35H2,1-2H3,(H,39,42)/b19-18-. The first-order valence-corrected chi connectivity index (χ1v) is 18.9. The summed E-state index contributed by atoms with van der Waals surface area (Å²) in [5.74, 6) is -0.0360. The van der Waals surface area contributed by atoms with Crippen molar-refractivity contribution in [2.24, 2.45) is 0 Å². The van der Waals surface area contributed by atoms with Crippen LogP contribution in [-0.4, -0.2) is 34.9 Å². The van der Waals surface area contributed by atoms with E-state index in [0.717, 1.165) is 25.7 Å². The molecule has 0 aliphatic rings. The Morgan fingerprint density at radius 1 is 0.548 bits per heavy atom. The SMILES string of the molecule is CCCCCCCCC/C=C\CCCCCCCCCC(=O)NC(CO)C(O)CCCCCCCCCCCCCC. The highest BCUT2D eigenvalue weighted by Gasteiger charge is 2.19. The Morgan fingerprint density at radius 3 is 1.31 bits per heavy atom. The molecular formula is C38H75NO3. The molecule has 0 radical (unpaired) electrons. The van der Waals surface area contributed by atoms with E-state index in [0.29, 0.717) is 12.8 Å². The van der Waals surface area contributed by atoms with Gasteiger partial charge in [0.05, 0.1) is 18.8 Å². The maximum Gasteiger partial charge on any atom is 0.220 e. The Bertz CT molecular complexity index is 565. The van der Waals surface area contributed by atoms with Crippen LogP contribution in [0.4, 0.5) is 0 Å². The van der Waals surface area contributed by atoms with Crippen LogP contribution in [0, 0.1) is 0 Å². The third-order valence-corrected chi connectivity index (χ3v) is 8.78. The van der Waals surface area contributed by atoms with E-state index >= 15 is 0 Å². The van der Waals surface area contributed by atoms with E-state index in [4.69, 9.17) is 0 Å². The maximum absolute atomic E-state index is 12.3. The lowest BCUT2D eigenvalue weighted by Crippen LogP contribution is -2.45. The van der Waals surface area contributed by atoms with Crippen molar-refractivity contribution < 1.29 is 15.0 Å². The lowest BCUT2D eigenvalue weighted by atomic mass is 10.0. The van der Waals surface area contributed by atoms with Gasteiger partial charge in [0.15, 0.2) is 0 Å². The predicted molar refractivity (Wildman–Crippen MR) is 184 cm³/mol. The average Bonchev–Trinajstić information content (AvgIpc) is 2.99. The molecule has 0 aliphatic carbocycles. The highest BCUT2D eigenvalue weighted by atomic mass is 16.3. The Labute approximate surface area is 263 Å². The van der Waals surface area contributed by atoms with Gasteiger partial charge in [0.2, 0.25) is 5.91 Å². The summed E-state index contributed by atoms with van der Waals surface area (Å²) in [7, 11) is 0. The number of carbonyl (C=O) groups is 1. The predicted octanol–water partition coefficient (Wildman–Crippen LogP) is 11.1. The second-order valence-corrected chi connectivity index (χ2v) is 13.0. The minimum atomic E-state index is -0.655. The van der Waals surface area contributed by atoms with Crippen molar-refractivity contribution in [3.05, 3.63) is 12.2 Å². The smallest absolute Gasteiger partial charge is 0.220 e. The number of amides is 1. The third-order valence-electron chi connectivity index (χ3n) is 8.78. The van der Waals surface area contributed by atoms with Crippen molar-refractivity contribution in [2.75, 3.05) is 6.61 Å². The fourth-order valence-corrected chi connectivity index (χ4v) is 5.82. The molecule has 0 heterocycles. The molecule has 2 unspecified atom stereocenters. The van der Waals surface area contributed by atoms with E-state index in [1.807, 2.05) is 0 Å². The summed E-state index contributed by atoms with van der Waals surface area (Å²) >= 11 is 0. The van der Waals surface area contributed by atoms with E-state index < -0.39 is 12.1 Å². The molecule has 4 heteroatoms. The molecule has 4 nitrogen and oxygen atoms in total. The minimum Gasteiger partial charge on any atom is -0.394 e. The molecule has 0 aromatic rings. The van der Waals surface area contributed by atoms with Crippen LogP contribution in [0.25, 0.3) is 0 Å². The summed E-state index contributed by atoms with van der Waals surface area (Å²) in [6, 6.07) is -0.533. The monoisotopic (exact) mass is 594 g/mol. The summed E-state index contributed by atoms with van der Waals surface area (Å²) in [4.78, 5) is 12.3. The van der Waals surface area contributed by atoms with Gasteiger partial charge < -0.3 is 15.5 Å². The summed E-state index contributed by atoms with van der Waals surface area (Å²) in [6.07, 6.45) is 41.2. The Balaban J connectivity index is 3.54. The lowest BCUT2D eigenvalue weighted by Gasteiger charge is -2.22. The van der Waals surface area contributed by atoms with Crippen LogP contribution in [0.5, 0.6) is 0 Å². The molecule has 2 atom stereocenters. The van der Waals surface area contributed by atoms with Gasteiger partial charge in [0.25, 0.3) is 0 Å². The molecule has 0 bridgehead atoms. The molecule has 0 aliphatic heterocycles. The molecule has 1 amide bonds. The van der Waals surface area contributed by atoms with E-state index in [1.54, 1.807) is 0 Å². The zero-order chi connectivity index (χ0) is 30.8. The van der Waals surface area contributed by atoms with E-state index in [2.05, 4.69) is 31.3 Å². The van der Waals surface area contributed by atoms with Crippen molar-refractivity contribution >= 4 is 5.91 Å². The van der Waals surface area contributed by atoms with Crippen LogP contribution in [0.3, 0.4) is 0 Å². The molecule has 0 fully saturated rings. The molecular weight excluding hydrogens is 518 g/mol.